The van der Waals surface area contributed by atoms with Crippen LogP contribution in [-0.4, -0.2) is 9.55 Å². The number of halogens is 1. The van der Waals surface area contributed by atoms with E-state index < -0.39 is 0 Å². The highest BCUT2D eigenvalue weighted by atomic mass is 35.5. The summed E-state index contributed by atoms with van der Waals surface area (Å²) in [4.78, 5) is 4.39. The Bertz CT molecular complexity index is 1260. The van der Waals surface area contributed by atoms with Crippen molar-refractivity contribution in [1.29, 1.82) is 5.26 Å². The van der Waals surface area contributed by atoms with Gasteiger partial charge in [-0.25, -0.2) is 0 Å². The molecule has 4 rings (SSSR count). The first kappa shape index (κ1) is 18.0. The molecule has 0 fully saturated rings. The molecular formula is C24H18ClN3. The molecule has 0 aliphatic rings. The van der Waals surface area contributed by atoms with E-state index in [9.17, 15) is 5.26 Å². The molecule has 0 N–H and O–H groups in total. The summed E-state index contributed by atoms with van der Waals surface area (Å²) in [6, 6.07) is 22.0. The number of rotatable bonds is 3. The molecule has 0 atom stereocenters. The van der Waals surface area contributed by atoms with Crippen LogP contribution in [-0.2, 0) is 0 Å². The number of aryl methyl sites for hydroxylation is 1. The fraction of sp³-hybridized carbons (Fsp3) is 0.0833. The van der Waals surface area contributed by atoms with Gasteiger partial charge in [-0.15, -0.1) is 0 Å². The van der Waals surface area contributed by atoms with E-state index in [4.69, 9.17) is 11.6 Å². The lowest BCUT2D eigenvalue weighted by molar-refractivity contribution is 0.966. The monoisotopic (exact) mass is 383 g/mol. The van der Waals surface area contributed by atoms with Gasteiger partial charge in [-0.3, -0.25) is 4.98 Å². The van der Waals surface area contributed by atoms with Gasteiger partial charge in [0.25, 0.3) is 0 Å². The molecule has 0 aliphatic carbocycles. The molecule has 0 saturated heterocycles. The van der Waals surface area contributed by atoms with Gasteiger partial charge in [0.15, 0.2) is 0 Å². The molecule has 28 heavy (non-hydrogen) atoms. The average molecular weight is 384 g/mol. The molecule has 0 radical (unpaired) electrons. The molecule has 0 bridgehead atoms. The molecule has 2 heterocycles. The zero-order chi connectivity index (χ0) is 19.7. The van der Waals surface area contributed by atoms with Crippen LogP contribution in [0, 0.1) is 25.2 Å². The lowest BCUT2D eigenvalue weighted by Gasteiger charge is -2.10. The summed E-state index contributed by atoms with van der Waals surface area (Å²) < 4.78 is 2.20. The molecule has 0 amide bonds. The average Bonchev–Trinajstić information content (AvgIpc) is 2.98. The number of fused-ring (bicyclic) bond motifs is 1. The van der Waals surface area contributed by atoms with E-state index >= 15 is 0 Å². The van der Waals surface area contributed by atoms with Crippen molar-refractivity contribution in [2.45, 2.75) is 13.8 Å². The highest BCUT2D eigenvalue weighted by Gasteiger charge is 2.12. The summed E-state index contributed by atoms with van der Waals surface area (Å²) in [6.07, 6.45) is 3.73. The first-order valence-corrected chi connectivity index (χ1v) is 9.36. The van der Waals surface area contributed by atoms with Gasteiger partial charge in [0.2, 0.25) is 0 Å². The Kier molecular flexibility index (Phi) is 4.73. The summed E-state index contributed by atoms with van der Waals surface area (Å²) in [7, 11) is 0. The van der Waals surface area contributed by atoms with Crippen LogP contribution in [0.2, 0.25) is 5.02 Å². The van der Waals surface area contributed by atoms with Crippen LogP contribution in [0.4, 0.5) is 0 Å². The van der Waals surface area contributed by atoms with E-state index in [0.29, 0.717) is 10.6 Å². The van der Waals surface area contributed by atoms with E-state index in [1.807, 2.05) is 36.4 Å². The number of aromatic nitrogens is 2. The van der Waals surface area contributed by atoms with Crippen molar-refractivity contribution < 1.29 is 0 Å². The second kappa shape index (κ2) is 7.34. The lowest BCUT2D eigenvalue weighted by Crippen LogP contribution is -1.99. The topological polar surface area (TPSA) is 41.6 Å². The maximum absolute atomic E-state index is 9.66. The smallest absolute Gasteiger partial charge is 0.0998 e. The van der Waals surface area contributed by atoms with Gasteiger partial charge in [-0.2, -0.15) is 5.26 Å². The maximum Gasteiger partial charge on any atom is 0.0998 e. The number of hydrogen-bond acceptors (Lipinski definition) is 2. The fourth-order valence-electron chi connectivity index (χ4n) is 3.52. The van der Waals surface area contributed by atoms with Crippen LogP contribution in [0.25, 0.3) is 28.2 Å². The van der Waals surface area contributed by atoms with Crippen LogP contribution in [0.3, 0.4) is 0 Å². The number of pyridine rings is 1. The highest BCUT2D eigenvalue weighted by Crippen LogP contribution is 2.27. The molecule has 4 heteroatoms. The van der Waals surface area contributed by atoms with Gasteiger partial charge < -0.3 is 4.57 Å². The molecule has 2 aromatic carbocycles. The van der Waals surface area contributed by atoms with Crippen molar-refractivity contribution in [3.8, 4) is 11.8 Å². The first-order chi connectivity index (χ1) is 13.6. The Morgan fingerprint density at radius 3 is 2.71 bits per heavy atom. The molecule has 136 valence electrons. The zero-order valence-electron chi connectivity index (χ0n) is 15.6. The van der Waals surface area contributed by atoms with Crippen LogP contribution in [0.5, 0.6) is 0 Å². The van der Waals surface area contributed by atoms with Crippen molar-refractivity contribution in [2.75, 3.05) is 0 Å². The summed E-state index contributed by atoms with van der Waals surface area (Å²) in [5.74, 6) is 0. The van der Waals surface area contributed by atoms with Crippen LogP contribution in [0.15, 0.2) is 66.9 Å². The quantitative estimate of drug-likeness (QED) is 0.386. The van der Waals surface area contributed by atoms with E-state index in [1.54, 1.807) is 12.3 Å². The van der Waals surface area contributed by atoms with E-state index in [1.165, 1.54) is 0 Å². The molecule has 2 aromatic heterocycles. The standard InChI is InChI=1S/C24H18ClN3/c1-16-11-20(12-21(15-26)18-5-3-7-22(25)13-18)17(2)28(16)23-8-9-24-19(14-23)6-4-10-27-24/h3-14H,1-2H3. The van der Waals surface area contributed by atoms with Gasteiger partial charge in [-0.1, -0.05) is 29.8 Å². The van der Waals surface area contributed by atoms with E-state index in [0.717, 1.165) is 39.1 Å². The zero-order valence-corrected chi connectivity index (χ0v) is 16.4. The van der Waals surface area contributed by atoms with E-state index in [2.05, 4.69) is 53.7 Å². The van der Waals surface area contributed by atoms with Gasteiger partial charge in [-0.05, 0) is 73.5 Å². The molecule has 3 nitrogen and oxygen atoms in total. The minimum Gasteiger partial charge on any atom is -0.318 e. The third-order valence-electron chi connectivity index (χ3n) is 4.87. The Morgan fingerprint density at radius 1 is 1.07 bits per heavy atom. The molecule has 0 unspecified atom stereocenters. The highest BCUT2D eigenvalue weighted by molar-refractivity contribution is 6.30. The second-order valence-corrected chi connectivity index (χ2v) is 7.16. The van der Waals surface area contributed by atoms with Crippen molar-refractivity contribution in [3.05, 3.63) is 94.4 Å². The third-order valence-corrected chi connectivity index (χ3v) is 5.11. The van der Waals surface area contributed by atoms with Crippen molar-refractivity contribution in [2.24, 2.45) is 0 Å². The first-order valence-electron chi connectivity index (χ1n) is 8.98. The SMILES string of the molecule is Cc1cc(C=C(C#N)c2cccc(Cl)c2)c(C)n1-c1ccc2ncccc2c1. The minimum absolute atomic E-state index is 0.588. The van der Waals surface area contributed by atoms with Crippen LogP contribution in [0.1, 0.15) is 22.5 Å². The summed E-state index contributed by atoms with van der Waals surface area (Å²) in [6.45, 7) is 4.14. The number of benzene rings is 2. The number of allylic oxidation sites excluding steroid dienone is 1. The van der Waals surface area contributed by atoms with Crippen molar-refractivity contribution in [1.82, 2.24) is 9.55 Å². The summed E-state index contributed by atoms with van der Waals surface area (Å²) in [5, 5.41) is 11.4. The van der Waals surface area contributed by atoms with Crippen molar-refractivity contribution in [3.63, 3.8) is 0 Å². The van der Waals surface area contributed by atoms with Crippen LogP contribution >= 0.6 is 11.6 Å². The fourth-order valence-corrected chi connectivity index (χ4v) is 3.72. The third kappa shape index (κ3) is 3.31. The van der Waals surface area contributed by atoms with E-state index in [-0.39, 0.29) is 0 Å². The number of nitrogens with zero attached hydrogens (tertiary/aromatic N) is 3. The van der Waals surface area contributed by atoms with Crippen molar-refractivity contribution >= 4 is 34.2 Å². The predicted octanol–water partition coefficient (Wildman–Crippen LogP) is 6.36. The molecule has 0 saturated carbocycles. The van der Waals surface area contributed by atoms with Gasteiger partial charge >= 0.3 is 0 Å². The molecular weight excluding hydrogens is 366 g/mol. The number of nitriles is 1. The molecule has 0 aliphatic heterocycles. The summed E-state index contributed by atoms with van der Waals surface area (Å²) >= 11 is 6.09. The molecule has 4 aromatic rings. The Hall–Kier alpha value is -3.35. The largest absolute Gasteiger partial charge is 0.318 e. The number of hydrogen-bond donors (Lipinski definition) is 0. The van der Waals surface area contributed by atoms with Crippen LogP contribution < -0.4 is 0 Å². The Balaban J connectivity index is 1.81. The normalized spacial score (nSPS) is 11.6. The second-order valence-electron chi connectivity index (χ2n) is 6.72. The Labute approximate surface area is 169 Å². The maximum atomic E-state index is 9.66. The lowest BCUT2D eigenvalue weighted by atomic mass is 10.0. The predicted molar refractivity (Wildman–Crippen MR) is 115 cm³/mol. The molecule has 0 spiro atoms. The van der Waals surface area contributed by atoms with Gasteiger partial charge in [0, 0.05) is 33.7 Å². The van der Waals surface area contributed by atoms with Gasteiger partial charge in [0.05, 0.1) is 17.2 Å². The minimum atomic E-state index is 0.588. The Morgan fingerprint density at radius 2 is 1.93 bits per heavy atom. The van der Waals surface area contributed by atoms with Gasteiger partial charge in [0.1, 0.15) is 0 Å². The summed E-state index contributed by atoms with van der Waals surface area (Å²) in [5.41, 5.74) is 6.66.